The largest absolute Gasteiger partial charge is 0.390 e. The van der Waals surface area contributed by atoms with Crippen LogP contribution in [-0.2, 0) is 13.7 Å². The number of rotatable bonds is 5. The first-order chi connectivity index (χ1) is 10.7. The van der Waals surface area contributed by atoms with Gasteiger partial charge in [0.2, 0.25) is 0 Å². The predicted octanol–water partition coefficient (Wildman–Crippen LogP) is 2.35. The van der Waals surface area contributed by atoms with E-state index in [4.69, 9.17) is 0 Å². The van der Waals surface area contributed by atoms with Gasteiger partial charge in [0.25, 0.3) is 0 Å². The highest BCUT2D eigenvalue weighted by molar-refractivity contribution is 7.99. The van der Waals surface area contributed by atoms with Crippen molar-refractivity contribution in [1.29, 1.82) is 0 Å². The molecular formula is C15H17N5OS. The van der Waals surface area contributed by atoms with E-state index in [1.165, 1.54) is 0 Å². The second-order valence-electron chi connectivity index (χ2n) is 4.93. The summed E-state index contributed by atoms with van der Waals surface area (Å²) in [6.07, 6.45) is 3.62. The van der Waals surface area contributed by atoms with Crippen molar-refractivity contribution in [3.8, 4) is 5.69 Å². The maximum absolute atomic E-state index is 9.22. The van der Waals surface area contributed by atoms with Crippen LogP contribution in [0.1, 0.15) is 23.6 Å². The average Bonchev–Trinajstić information content (AvgIpc) is 3.16. The van der Waals surface area contributed by atoms with Gasteiger partial charge in [0.1, 0.15) is 0 Å². The van der Waals surface area contributed by atoms with Gasteiger partial charge in [0.15, 0.2) is 5.16 Å². The molecule has 0 aliphatic rings. The summed E-state index contributed by atoms with van der Waals surface area (Å²) in [7, 11) is 1.90. The highest BCUT2D eigenvalue weighted by atomic mass is 32.2. The van der Waals surface area contributed by atoms with E-state index in [1.54, 1.807) is 22.6 Å². The van der Waals surface area contributed by atoms with Crippen molar-refractivity contribution >= 4 is 11.8 Å². The normalized spacial score (nSPS) is 12.5. The lowest BCUT2D eigenvalue weighted by Gasteiger charge is -2.08. The lowest BCUT2D eigenvalue weighted by molar-refractivity contribution is 0.271. The number of hydrogen-bond donors (Lipinski definition) is 1. The van der Waals surface area contributed by atoms with Crippen LogP contribution in [0.4, 0.5) is 0 Å². The summed E-state index contributed by atoms with van der Waals surface area (Å²) in [5.41, 5.74) is 2.67. The summed E-state index contributed by atoms with van der Waals surface area (Å²) >= 11 is 1.59. The standard InChI is InChI=1S/C15H17N5OS/c1-11(22-15-16-8-13(10-21)19(15)2)14-9-20(18-17-14)12-6-4-3-5-7-12/h3-9,11,21H,10H2,1-2H3/t11-/m0/s1. The number of aromatic nitrogens is 5. The molecule has 114 valence electrons. The molecule has 1 aromatic carbocycles. The molecule has 3 aromatic rings. The minimum atomic E-state index is -0.0113. The Hall–Kier alpha value is -2.12. The summed E-state index contributed by atoms with van der Waals surface area (Å²) < 4.78 is 3.66. The minimum Gasteiger partial charge on any atom is -0.390 e. The zero-order valence-electron chi connectivity index (χ0n) is 12.4. The Bertz CT molecular complexity index is 752. The van der Waals surface area contributed by atoms with Crippen molar-refractivity contribution in [3.63, 3.8) is 0 Å². The molecule has 6 nitrogen and oxygen atoms in total. The first kappa shape index (κ1) is 14.8. The lowest BCUT2D eigenvalue weighted by Crippen LogP contribution is -1.99. The third kappa shape index (κ3) is 2.90. The van der Waals surface area contributed by atoms with E-state index in [0.29, 0.717) is 0 Å². The van der Waals surface area contributed by atoms with E-state index in [1.807, 2.05) is 48.1 Å². The van der Waals surface area contributed by atoms with Crippen molar-refractivity contribution in [1.82, 2.24) is 24.5 Å². The molecule has 1 atom stereocenters. The van der Waals surface area contributed by atoms with Gasteiger partial charge in [-0.15, -0.1) is 5.10 Å². The zero-order valence-corrected chi connectivity index (χ0v) is 13.2. The molecule has 22 heavy (non-hydrogen) atoms. The van der Waals surface area contributed by atoms with Crippen LogP contribution in [0.5, 0.6) is 0 Å². The minimum absolute atomic E-state index is 0.0113. The quantitative estimate of drug-likeness (QED) is 0.732. The Morgan fingerprint density at radius 3 is 2.73 bits per heavy atom. The summed E-state index contributed by atoms with van der Waals surface area (Å²) in [5, 5.41) is 18.6. The van der Waals surface area contributed by atoms with Crippen LogP contribution in [0.3, 0.4) is 0 Å². The van der Waals surface area contributed by atoms with Gasteiger partial charge in [-0.25, -0.2) is 9.67 Å². The molecule has 0 spiro atoms. The predicted molar refractivity (Wildman–Crippen MR) is 84.8 cm³/mol. The van der Waals surface area contributed by atoms with Crippen LogP contribution < -0.4 is 0 Å². The third-order valence-corrected chi connectivity index (χ3v) is 4.62. The fourth-order valence-electron chi connectivity index (χ4n) is 2.07. The van der Waals surface area contributed by atoms with Gasteiger partial charge in [-0.2, -0.15) is 0 Å². The molecule has 7 heteroatoms. The number of benzene rings is 1. The van der Waals surface area contributed by atoms with Crippen molar-refractivity contribution in [2.45, 2.75) is 23.9 Å². The Kier molecular flexibility index (Phi) is 4.26. The molecule has 2 aromatic heterocycles. The number of aliphatic hydroxyl groups is 1. The molecule has 0 bridgehead atoms. The third-order valence-electron chi connectivity index (χ3n) is 3.43. The number of aliphatic hydroxyl groups excluding tert-OH is 1. The van der Waals surface area contributed by atoms with Crippen molar-refractivity contribution in [2.24, 2.45) is 7.05 Å². The first-order valence-corrected chi connectivity index (χ1v) is 7.82. The van der Waals surface area contributed by atoms with Crippen LogP contribution in [-0.4, -0.2) is 29.7 Å². The molecule has 0 unspecified atom stereocenters. The van der Waals surface area contributed by atoms with Gasteiger partial charge in [-0.05, 0) is 19.1 Å². The van der Waals surface area contributed by atoms with E-state index in [2.05, 4.69) is 22.2 Å². The van der Waals surface area contributed by atoms with Crippen LogP contribution in [0.15, 0.2) is 47.9 Å². The van der Waals surface area contributed by atoms with E-state index >= 15 is 0 Å². The number of hydrogen-bond acceptors (Lipinski definition) is 5. The Morgan fingerprint density at radius 2 is 2.05 bits per heavy atom. The van der Waals surface area contributed by atoms with Gasteiger partial charge >= 0.3 is 0 Å². The molecule has 0 aliphatic carbocycles. The Labute approximate surface area is 132 Å². The molecule has 1 N–H and O–H groups in total. The van der Waals surface area contributed by atoms with E-state index in [-0.39, 0.29) is 11.9 Å². The number of thioether (sulfide) groups is 1. The molecule has 0 fully saturated rings. The Balaban J connectivity index is 1.77. The molecule has 0 saturated carbocycles. The second-order valence-corrected chi connectivity index (χ2v) is 6.24. The van der Waals surface area contributed by atoms with E-state index in [0.717, 1.165) is 22.2 Å². The van der Waals surface area contributed by atoms with E-state index < -0.39 is 0 Å². The van der Waals surface area contributed by atoms with Crippen LogP contribution >= 0.6 is 11.8 Å². The molecule has 2 heterocycles. The van der Waals surface area contributed by atoms with Crippen molar-refractivity contribution in [3.05, 3.63) is 54.1 Å². The number of nitrogens with zero attached hydrogens (tertiary/aromatic N) is 5. The Morgan fingerprint density at radius 1 is 1.27 bits per heavy atom. The maximum atomic E-state index is 9.22. The second kappa shape index (κ2) is 6.33. The fourth-order valence-corrected chi connectivity index (χ4v) is 3.00. The molecule has 3 rings (SSSR count). The molecular weight excluding hydrogens is 298 g/mol. The zero-order chi connectivity index (χ0) is 15.5. The number of imidazole rings is 1. The maximum Gasteiger partial charge on any atom is 0.168 e. The summed E-state index contributed by atoms with van der Waals surface area (Å²) in [5.74, 6) is 0. The van der Waals surface area contributed by atoms with Crippen LogP contribution in [0, 0.1) is 0 Å². The average molecular weight is 315 g/mol. The van der Waals surface area contributed by atoms with E-state index in [9.17, 15) is 5.11 Å². The van der Waals surface area contributed by atoms with Gasteiger partial charge in [-0.1, -0.05) is 35.2 Å². The fraction of sp³-hybridized carbons (Fsp3) is 0.267. The smallest absolute Gasteiger partial charge is 0.168 e. The summed E-state index contributed by atoms with van der Waals surface area (Å²) in [4.78, 5) is 4.33. The van der Waals surface area contributed by atoms with Crippen molar-refractivity contribution in [2.75, 3.05) is 0 Å². The molecule has 0 aliphatic heterocycles. The van der Waals surface area contributed by atoms with Gasteiger partial charge in [0.05, 0.1) is 41.3 Å². The highest BCUT2D eigenvalue weighted by Crippen LogP contribution is 2.33. The van der Waals surface area contributed by atoms with Crippen molar-refractivity contribution < 1.29 is 5.11 Å². The highest BCUT2D eigenvalue weighted by Gasteiger charge is 2.16. The van der Waals surface area contributed by atoms with Crippen LogP contribution in [0.2, 0.25) is 0 Å². The molecule has 0 amide bonds. The summed E-state index contributed by atoms with van der Waals surface area (Å²) in [6, 6.07) is 9.89. The van der Waals surface area contributed by atoms with Gasteiger partial charge < -0.3 is 9.67 Å². The lowest BCUT2D eigenvalue weighted by atomic mass is 10.3. The monoisotopic (exact) mass is 315 g/mol. The SMILES string of the molecule is C[C@H](Sc1ncc(CO)n1C)c1cn(-c2ccccc2)nn1. The topological polar surface area (TPSA) is 68.8 Å². The van der Waals surface area contributed by atoms with Gasteiger partial charge in [0, 0.05) is 7.05 Å². The number of para-hydroxylation sites is 1. The summed E-state index contributed by atoms with van der Waals surface area (Å²) in [6.45, 7) is 2.06. The first-order valence-electron chi connectivity index (χ1n) is 6.95. The molecule has 0 saturated heterocycles. The molecule has 0 radical (unpaired) electrons. The van der Waals surface area contributed by atoms with Gasteiger partial charge in [-0.3, -0.25) is 0 Å². The van der Waals surface area contributed by atoms with Crippen LogP contribution in [0.25, 0.3) is 5.69 Å².